The first kappa shape index (κ1) is 24.2. The van der Waals surface area contributed by atoms with Crippen LogP contribution in [0.2, 0.25) is 0 Å². The van der Waals surface area contributed by atoms with Gasteiger partial charge in [-0.2, -0.15) is 5.10 Å². The second kappa shape index (κ2) is 11.5. The summed E-state index contributed by atoms with van der Waals surface area (Å²) in [5, 5.41) is 21.3. The molecule has 0 spiro atoms. The summed E-state index contributed by atoms with van der Waals surface area (Å²) in [5.74, 6) is -0.364. The number of likely N-dealkylation sites (tertiary alicyclic amines) is 1. The van der Waals surface area contributed by atoms with Gasteiger partial charge in [-0.05, 0) is 48.2 Å². The van der Waals surface area contributed by atoms with Crippen LogP contribution in [0.3, 0.4) is 0 Å². The highest BCUT2D eigenvalue weighted by Gasteiger charge is 2.29. The second-order valence-corrected chi connectivity index (χ2v) is 8.24. The van der Waals surface area contributed by atoms with Gasteiger partial charge in [0.25, 0.3) is 0 Å². The molecular formula is C25H28FN5O4. The quantitative estimate of drug-likeness (QED) is 0.349. The van der Waals surface area contributed by atoms with Gasteiger partial charge in [-0.1, -0.05) is 18.2 Å². The molecule has 10 heteroatoms. The molecule has 1 aliphatic heterocycles. The van der Waals surface area contributed by atoms with Crippen molar-refractivity contribution >= 4 is 17.6 Å². The molecule has 1 saturated heterocycles. The maximum Gasteiger partial charge on any atom is 0.320 e. The minimum Gasteiger partial charge on any atom is -0.491 e. The van der Waals surface area contributed by atoms with Crippen molar-refractivity contribution in [1.82, 2.24) is 20.4 Å². The van der Waals surface area contributed by atoms with Gasteiger partial charge < -0.3 is 25.4 Å². The predicted octanol–water partition coefficient (Wildman–Crippen LogP) is 3.46. The molecule has 1 fully saturated rings. The van der Waals surface area contributed by atoms with Crippen molar-refractivity contribution < 1.29 is 23.8 Å². The number of rotatable bonds is 9. The standard InChI is InChI=1S/C25H28FN5O4/c26-20-6-3-5-18(13-20)23(24(33)31-9-1-2-10-31)30-25(34)29-21-8-7-17(19-15-27-28-16-19)14-22(21)35-12-4-11-32/h3,5-8,13-16,23,32H,1-2,4,9-12H2,(H,27,28)(H2,29,30,34). The second-order valence-electron chi connectivity index (χ2n) is 8.24. The number of nitrogens with one attached hydrogen (secondary N) is 3. The third-order valence-corrected chi connectivity index (χ3v) is 5.74. The number of aliphatic hydroxyl groups excluding tert-OH is 1. The van der Waals surface area contributed by atoms with E-state index in [9.17, 15) is 14.0 Å². The Morgan fingerprint density at radius 1 is 1.17 bits per heavy atom. The topological polar surface area (TPSA) is 120 Å². The molecule has 3 aromatic rings. The van der Waals surface area contributed by atoms with Crippen molar-refractivity contribution in [3.8, 4) is 16.9 Å². The molecule has 1 unspecified atom stereocenters. The van der Waals surface area contributed by atoms with Crippen molar-refractivity contribution in [2.24, 2.45) is 0 Å². The van der Waals surface area contributed by atoms with Gasteiger partial charge in [0.2, 0.25) is 5.91 Å². The van der Waals surface area contributed by atoms with E-state index in [0.29, 0.717) is 36.5 Å². The first-order valence-electron chi connectivity index (χ1n) is 11.5. The summed E-state index contributed by atoms with van der Waals surface area (Å²) >= 11 is 0. The predicted molar refractivity (Wildman–Crippen MR) is 128 cm³/mol. The number of carbonyl (C=O) groups is 2. The fourth-order valence-electron chi connectivity index (χ4n) is 3.96. The van der Waals surface area contributed by atoms with Gasteiger partial charge in [-0.25, -0.2) is 9.18 Å². The SMILES string of the molecule is O=C(Nc1ccc(-c2cn[nH]c2)cc1OCCCO)NC(C(=O)N1CCCC1)c1cccc(F)c1. The van der Waals surface area contributed by atoms with Crippen molar-refractivity contribution in [2.45, 2.75) is 25.3 Å². The Morgan fingerprint density at radius 3 is 2.71 bits per heavy atom. The number of hydrogen-bond acceptors (Lipinski definition) is 5. The Hall–Kier alpha value is -3.92. The van der Waals surface area contributed by atoms with E-state index in [4.69, 9.17) is 9.84 Å². The average molecular weight is 482 g/mol. The Bertz CT molecular complexity index is 1150. The van der Waals surface area contributed by atoms with Crippen LogP contribution in [0.1, 0.15) is 30.9 Å². The number of amides is 3. The van der Waals surface area contributed by atoms with E-state index < -0.39 is 17.9 Å². The third kappa shape index (κ3) is 6.15. The summed E-state index contributed by atoms with van der Waals surface area (Å²) < 4.78 is 19.7. The minimum absolute atomic E-state index is 0.0292. The molecule has 4 rings (SSSR count). The van der Waals surface area contributed by atoms with Crippen molar-refractivity contribution in [3.05, 3.63) is 66.2 Å². The molecule has 1 aromatic heterocycles. The largest absolute Gasteiger partial charge is 0.491 e. The zero-order chi connectivity index (χ0) is 24.6. The Labute approximate surface area is 202 Å². The highest BCUT2D eigenvalue weighted by atomic mass is 19.1. The molecule has 0 aliphatic carbocycles. The molecule has 1 aliphatic rings. The Balaban J connectivity index is 1.54. The van der Waals surface area contributed by atoms with Crippen LogP contribution in [0, 0.1) is 5.82 Å². The Morgan fingerprint density at radius 2 is 2.00 bits per heavy atom. The van der Waals surface area contributed by atoms with Gasteiger partial charge in [0, 0.05) is 37.9 Å². The maximum absolute atomic E-state index is 13.9. The van der Waals surface area contributed by atoms with Crippen molar-refractivity contribution in [2.75, 3.05) is 31.6 Å². The number of carbonyl (C=O) groups excluding carboxylic acids is 2. The molecule has 35 heavy (non-hydrogen) atoms. The number of benzene rings is 2. The number of anilines is 1. The molecule has 3 amide bonds. The molecule has 4 N–H and O–H groups in total. The minimum atomic E-state index is -1.03. The smallest absolute Gasteiger partial charge is 0.320 e. The summed E-state index contributed by atoms with van der Waals surface area (Å²) in [6.07, 6.45) is 5.62. The van der Waals surface area contributed by atoms with Gasteiger partial charge in [0.15, 0.2) is 0 Å². The maximum atomic E-state index is 13.9. The van der Waals surface area contributed by atoms with Crippen LogP contribution in [-0.2, 0) is 4.79 Å². The van der Waals surface area contributed by atoms with E-state index in [1.54, 1.807) is 41.6 Å². The number of ether oxygens (including phenoxy) is 1. The number of aromatic nitrogens is 2. The summed E-state index contributed by atoms with van der Waals surface area (Å²) in [4.78, 5) is 27.8. The molecule has 184 valence electrons. The number of hydrogen-bond donors (Lipinski definition) is 4. The summed E-state index contributed by atoms with van der Waals surface area (Å²) in [7, 11) is 0. The fraction of sp³-hybridized carbons (Fsp3) is 0.320. The number of aromatic amines is 1. The van der Waals surface area contributed by atoms with Crippen LogP contribution < -0.4 is 15.4 Å². The van der Waals surface area contributed by atoms with Gasteiger partial charge in [0.1, 0.15) is 17.6 Å². The molecule has 0 bridgehead atoms. The van der Waals surface area contributed by atoms with Gasteiger partial charge in [-0.3, -0.25) is 9.89 Å². The first-order valence-corrected chi connectivity index (χ1v) is 11.5. The van der Waals surface area contributed by atoms with E-state index in [0.717, 1.165) is 24.0 Å². The molecule has 2 heterocycles. The van der Waals surface area contributed by atoms with Crippen molar-refractivity contribution in [3.63, 3.8) is 0 Å². The normalized spacial score (nSPS) is 13.9. The summed E-state index contributed by atoms with van der Waals surface area (Å²) in [6.45, 7) is 1.43. The summed E-state index contributed by atoms with van der Waals surface area (Å²) in [5.41, 5.74) is 2.42. The molecule has 1 atom stereocenters. The average Bonchev–Trinajstić information content (AvgIpc) is 3.58. The number of nitrogens with zero attached hydrogens (tertiary/aromatic N) is 2. The van der Waals surface area contributed by atoms with Crippen LogP contribution in [0.15, 0.2) is 54.9 Å². The summed E-state index contributed by atoms with van der Waals surface area (Å²) in [6, 6.07) is 9.26. The first-order chi connectivity index (χ1) is 17.0. The zero-order valence-corrected chi connectivity index (χ0v) is 19.2. The number of aliphatic hydroxyl groups is 1. The van der Waals surface area contributed by atoms with Crippen LogP contribution in [0.5, 0.6) is 5.75 Å². The lowest BCUT2D eigenvalue weighted by Gasteiger charge is -2.25. The lowest BCUT2D eigenvalue weighted by Crippen LogP contribution is -2.43. The van der Waals surface area contributed by atoms with Gasteiger partial charge in [-0.15, -0.1) is 0 Å². The zero-order valence-electron chi connectivity index (χ0n) is 19.2. The van der Waals surface area contributed by atoms with Crippen LogP contribution in [-0.4, -0.2) is 58.4 Å². The highest BCUT2D eigenvalue weighted by Crippen LogP contribution is 2.31. The van der Waals surface area contributed by atoms with E-state index >= 15 is 0 Å². The molecule has 9 nitrogen and oxygen atoms in total. The monoisotopic (exact) mass is 481 g/mol. The van der Waals surface area contributed by atoms with E-state index in [1.165, 1.54) is 18.2 Å². The molecule has 2 aromatic carbocycles. The van der Waals surface area contributed by atoms with E-state index in [-0.39, 0.29) is 19.1 Å². The van der Waals surface area contributed by atoms with E-state index in [1.807, 2.05) is 0 Å². The lowest BCUT2D eigenvalue weighted by molar-refractivity contribution is -0.132. The third-order valence-electron chi connectivity index (χ3n) is 5.74. The van der Waals surface area contributed by atoms with Crippen molar-refractivity contribution in [1.29, 1.82) is 0 Å². The van der Waals surface area contributed by atoms with Crippen LogP contribution >= 0.6 is 0 Å². The number of H-pyrrole nitrogens is 1. The number of halogens is 1. The highest BCUT2D eigenvalue weighted by molar-refractivity contribution is 5.95. The Kier molecular flexibility index (Phi) is 7.94. The molecule has 0 saturated carbocycles. The lowest BCUT2D eigenvalue weighted by atomic mass is 10.1. The number of urea groups is 1. The molecular weight excluding hydrogens is 453 g/mol. The van der Waals surface area contributed by atoms with Gasteiger partial charge in [0.05, 0.1) is 18.5 Å². The van der Waals surface area contributed by atoms with Crippen LogP contribution in [0.4, 0.5) is 14.9 Å². The van der Waals surface area contributed by atoms with Crippen LogP contribution in [0.25, 0.3) is 11.1 Å². The molecule has 0 radical (unpaired) electrons. The van der Waals surface area contributed by atoms with E-state index in [2.05, 4.69) is 20.8 Å². The van der Waals surface area contributed by atoms with Gasteiger partial charge >= 0.3 is 6.03 Å². The fourth-order valence-corrected chi connectivity index (χ4v) is 3.96.